The van der Waals surface area contributed by atoms with Crippen LogP contribution in [0.3, 0.4) is 0 Å². The van der Waals surface area contributed by atoms with Gasteiger partial charge in [-0.2, -0.15) is 0 Å². The molecule has 0 N–H and O–H groups in total. The number of benzene rings is 1. The molecule has 0 aliphatic carbocycles. The first-order valence-corrected chi connectivity index (χ1v) is 5.77. The van der Waals surface area contributed by atoms with Crippen molar-refractivity contribution in [2.75, 3.05) is 5.75 Å². The second-order valence-corrected chi connectivity index (χ2v) is 4.46. The van der Waals surface area contributed by atoms with E-state index in [-0.39, 0.29) is 0 Å². The number of thioether (sulfide) groups is 1. The van der Waals surface area contributed by atoms with Gasteiger partial charge in [0, 0.05) is 12.1 Å². The summed E-state index contributed by atoms with van der Waals surface area (Å²) >= 11 is 7.45. The van der Waals surface area contributed by atoms with Gasteiger partial charge < -0.3 is 4.57 Å². The monoisotopic (exact) mass is 236 g/mol. The number of aromatic nitrogens is 2. The summed E-state index contributed by atoms with van der Waals surface area (Å²) in [4.78, 5) is 4.46. The summed E-state index contributed by atoms with van der Waals surface area (Å²) in [5.74, 6) is 3.21. The standard InChI is InChI=1S/C11H9ClN2S/c1-3-6-15-11-13-9-7-8(12)4-5-10(9)14(11)2/h1,4-5,7H,6H2,2H3. The van der Waals surface area contributed by atoms with Crippen molar-refractivity contribution in [2.24, 2.45) is 7.05 Å². The predicted octanol–water partition coefficient (Wildman–Crippen LogP) is 2.95. The Kier molecular flexibility index (Phi) is 2.90. The fourth-order valence-corrected chi connectivity index (χ4v) is 2.22. The third kappa shape index (κ3) is 1.97. The first-order valence-electron chi connectivity index (χ1n) is 4.40. The highest BCUT2D eigenvalue weighted by Crippen LogP contribution is 2.24. The average Bonchev–Trinajstić information content (AvgIpc) is 2.52. The Morgan fingerprint density at radius 2 is 2.40 bits per heavy atom. The van der Waals surface area contributed by atoms with Gasteiger partial charge in [0.25, 0.3) is 0 Å². The number of hydrogen-bond acceptors (Lipinski definition) is 2. The molecule has 0 aliphatic rings. The van der Waals surface area contributed by atoms with E-state index in [9.17, 15) is 0 Å². The van der Waals surface area contributed by atoms with Gasteiger partial charge in [-0.3, -0.25) is 0 Å². The largest absolute Gasteiger partial charge is 0.322 e. The third-order valence-corrected chi connectivity index (χ3v) is 3.26. The van der Waals surface area contributed by atoms with E-state index in [4.69, 9.17) is 18.0 Å². The van der Waals surface area contributed by atoms with Crippen LogP contribution in [0.4, 0.5) is 0 Å². The molecule has 0 aliphatic heterocycles. The fraction of sp³-hybridized carbons (Fsp3) is 0.182. The molecular formula is C11H9ClN2S. The van der Waals surface area contributed by atoms with E-state index in [0.29, 0.717) is 10.8 Å². The van der Waals surface area contributed by atoms with Crippen LogP contribution in [-0.2, 0) is 7.05 Å². The highest BCUT2D eigenvalue weighted by Gasteiger charge is 2.07. The number of aryl methyl sites for hydroxylation is 1. The summed E-state index contributed by atoms with van der Waals surface area (Å²) < 4.78 is 2.02. The Hall–Kier alpha value is -1.11. The zero-order valence-electron chi connectivity index (χ0n) is 8.20. The van der Waals surface area contributed by atoms with Crippen LogP contribution in [0.15, 0.2) is 23.4 Å². The summed E-state index contributed by atoms with van der Waals surface area (Å²) in [5, 5.41) is 1.62. The number of rotatable bonds is 2. The molecule has 0 radical (unpaired) electrons. The molecule has 2 nitrogen and oxygen atoms in total. The SMILES string of the molecule is C#CCSc1nc2cc(Cl)ccc2n1C. The average molecular weight is 237 g/mol. The van der Waals surface area contributed by atoms with Crippen molar-refractivity contribution in [3.63, 3.8) is 0 Å². The van der Waals surface area contributed by atoms with Crippen LogP contribution in [0.5, 0.6) is 0 Å². The zero-order chi connectivity index (χ0) is 10.8. The Morgan fingerprint density at radius 1 is 1.60 bits per heavy atom. The van der Waals surface area contributed by atoms with Crippen LogP contribution >= 0.6 is 23.4 Å². The van der Waals surface area contributed by atoms with E-state index in [1.807, 2.05) is 29.8 Å². The highest BCUT2D eigenvalue weighted by atomic mass is 35.5. The van der Waals surface area contributed by atoms with Crippen molar-refractivity contribution >= 4 is 34.4 Å². The Bertz CT molecular complexity index is 539. The highest BCUT2D eigenvalue weighted by molar-refractivity contribution is 7.99. The Balaban J connectivity index is 2.50. The van der Waals surface area contributed by atoms with E-state index >= 15 is 0 Å². The maximum atomic E-state index is 5.90. The van der Waals surface area contributed by atoms with Crippen molar-refractivity contribution in [1.29, 1.82) is 0 Å². The van der Waals surface area contributed by atoms with E-state index < -0.39 is 0 Å². The quantitative estimate of drug-likeness (QED) is 0.590. The first-order chi connectivity index (χ1) is 7.22. The molecular weight excluding hydrogens is 228 g/mol. The predicted molar refractivity (Wildman–Crippen MR) is 65.3 cm³/mol. The topological polar surface area (TPSA) is 17.8 Å². The molecule has 0 atom stereocenters. The number of imidazole rings is 1. The number of terminal acetylenes is 1. The minimum absolute atomic E-state index is 0.630. The second-order valence-electron chi connectivity index (χ2n) is 3.08. The zero-order valence-corrected chi connectivity index (χ0v) is 9.77. The van der Waals surface area contributed by atoms with Crippen LogP contribution < -0.4 is 0 Å². The molecule has 2 aromatic rings. The van der Waals surface area contributed by atoms with Crippen LogP contribution in [0.2, 0.25) is 5.02 Å². The summed E-state index contributed by atoms with van der Waals surface area (Å²) in [6.07, 6.45) is 5.22. The van der Waals surface area contributed by atoms with Crippen molar-refractivity contribution in [3.8, 4) is 12.3 Å². The molecule has 1 aromatic carbocycles. The maximum absolute atomic E-state index is 5.90. The van der Waals surface area contributed by atoms with E-state index in [1.54, 1.807) is 11.8 Å². The van der Waals surface area contributed by atoms with E-state index in [1.165, 1.54) is 0 Å². The van der Waals surface area contributed by atoms with Crippen molar-refractivity contribution in [1.82, 2.24) is 9.55 Å². The lowest BCUT2D eigenvalue weighted by atomic mass is 10.3. The summed E-state index contributed by atoms with van der Waals surface area (Å²) in [7, 11) is 1.97. The van der Waals surface area contributed by atoms with Crippen molar-refractivity contribution in [3.05, 3.63) is 23.2 Å². The molecule has 0 saturated carbocycles. The maximum Gasteiger partial charge on any atom is 0.169 e. The second kappa shape index (κ2) is 4.18. The molecule has 76 valence electrons. The minimum Gasteiger partial charge on any atom is -0.322 e. The molecule has 0 bridgehead atoms. The molecule has 4 heteroatoms. The molecule has 0 saturated heterocycles. The normalized spacial score (nSPS) is 10.5. The van der Waals surface area contributed by atoms with Gasteiger partial charge in [0.2, 0.25) is 0 Å². The van der Waals surface area contributed by atoms with Crippen LogP contribution in [0.1, 0.15) is 0 Å². The molecule has 15 heavy (non-hydrogen) atoms. The minimum atomic E-state index is 0.630. The smallest absolute Gasteiger partial charge is 0.169 e. The van der Waals surface area contributed by atoms with Crippen molar-refractivity contribution < 1.29 is 0 Å². The first kappa shape index (κ1) is 10.4. The molecule has 0 fully saturated rings. The van der Waals surface area contributed by atoms with Gasteiger partial charge >= 0.3 is 0 Å². The lowest BCUT2D eigenvalue weighted by molar-refractivity contribution is 0.816. The summed E-state index contributed by atoms with van der Waals surface area (Å²) in [5.41, 5.74) is 1.98. The van der Waals surface area contributed by atoms with Gasteiger partial charge in [0.15, 0.2) is 5.16 Å². The van der Waals surface area contributed by atoms with Crippen LogP contribution in [-0.4, -0.2) is 15.3 Å². The van der Waals surface area contributed by atoms with Gasteiger partial charge in [0.1, 0.15) is 0 Å². The number of nitrogens with zero attached hydrogens (tertiary/aromatic N) is 2. The van der Waals surface area contributed by atoms with Gasteiger partial charge in [0.05, 0.1) is 16.8 Å². The molecule has 0 spiro atoms. The van der Waals surface area contributed by atoms with Gasteiger partial charge in [-0.25, -0.2) is 4.98 Å². The molecule has 1 aromatic heterocycles. The van der Waals surface area contributed by atoms with Gasteiger partial charge in [-0.1, -0.05) is 29.3 Å². The molecule has 0 amide bonds. The van der Waals surface area contributed by atoms with Crippen molar-refractivity contribution in [2.45, 2.75) is 5.16 Å². The van der Waals surface area contributed by atoms with Crippen LogP contribution in [0.25, 0.3) is 11.0 Å². The van der Waals surface area contributed by atoms with Gasteiger partial charge in [-0.05, 0) is 18.2 Å². The summed E-state index contributed by atoms with van der Waals surface area (Å²) in [6, 6.07) is 5.68. The van der Waals surface area contributed by atoms with Crippen LogP contribution in [0, 0.1) is 12.3 Å². The molecule has 2 rings (SSSR count). The van der Waals surface area contributed by atoms with Gasteiger partial charge in [-0.15, -0.1) is 6.42 Å². The van der Waals surface area contributed by atoms with E-state index in [2.05, 4.69) is 10.9 Å². The molecule has 1 heterocycles. The number of fused-ring (bicyclic) bond motifs is 1. The lowest BCUT2D eigenvalue weighted by Crippen LogP contribution is -1.90. The summed E-state index contributed by atoms with van der Waals surface area (Å²) in [6.45, 7) is 0. The van der Waals surface area contributed by atoms with E-state index in [0.717, 1.165) is 16.2 Å². The molecule has 0 unspecified atom stereocenters. The fourth-order valence-electron chi connectivity index (χ4n) is 1.39. The Morgan fingerprint density at radius 3 is 3.13 bits per heavy atom. The third-order valence-electron chi connectivity index (χ3n) is 2.09. The lowest BCUT2D eigenvalue weighted by Gasteiger charge is -1.98. The number of halogens is 1. The number of hydrogen-bond donors (Lipinski definition) is 0. The Labute approximate surface area is 97.6 Å².